The molecule has 0 radical (unpaired) electrons. The smallest absolute Gasteiger partial charge is 0.326 e. The van der Waals surface area contributed by atoms with Crippen LogP contribution < -0.4 is 10.6 Å². The minimum absolute atomic E-state index is 0.111. The lowest BCUT2D eigenvalue weighted by molar-refractivity contribution is -0.139. The van der Waals surface area contributed by atoms with Crippen molar-refractivity contribution < 1.29 is 19.1 Å². The number of nitrogens with zero attached hydrogens (tertiary/aromatic N) is 2. The Balaban J connectivity index is 1.41. The number of aryl methyl sites for hydroxylation is 3. The second-order valence-electron chi connectivity index (χ2n) is 9.09. The molecule has 0 fully saturated rings. The number of amides is 1. The zero-order valence-electron chi connectivity index (χ0n) is 21.4. The Bertz CT molecular complexity index is 1450. The number of carboxylic acids is 1. The topological polar surface area (TPSA) is 104 Å². The van der Waals surface area contributed by atoms with E-state index in [4.69, 9.17) is 4.98 Å². The maximum Gasteiger partial charge on any atom is 0.326 e. The number of hydrogen-bond donors (Lipinski definition) is 3. The van der Waals surface area contributed by atoms with E-state index in [-0.39, 0.29) is 6.42 Å². The van der Waals surface area contributed by atoms with Crippen LogP contribution in [0.25, 0.3) is 10.6 Å². The minimum Gasteiger partial charge on any atom is -0.480 e. The fourth-order valence-electron chi connectivity index (χ4n) is 4.20. The summed E-state index contributed by atoms with van der Waals surface area (Å²) in [4.78, 5) is 33.9. The normalized spacial score (nSPS) is 11.7. The van der Waals surface area contributed by atoms with Crippen LogP contribution in [0.15, 0.2) is 60.1 Å². The molecule has 1 amide bonds. The van der Waals surface area contributed by atoms with E-state index in [9.17, 15) is 19.1 Å². The van der Waals surface area contributed by atoms with Crippen LogP contribution in [-0.4, -0.2) is 33.0 Å². The number of nitrogens with one attached hydrogen (secondary N) is 2. The molecule has 4 rings (SSSR count). The molecule has 4 aromatic rings. The van der Waals surface area contributed by atoms with Crippen LogP contribution in [0.3, 0.4) is 0 Å². The summed E-state index contributed by atoms with van der Waals surface area (Å²) in [5.41, 5.74) is 5.04. The second kappa shape index (κ2) is 12.0. The maximum absolute atomic E-state index is 13.8. The highest BCUT2D eigenvalue weighted by atomic mass is 32.1. The van der Waals surface area contributed by atoms with Crippen molar-refractivity contribution in [3.63, 3.8) is 0 Å². The third kappa shape index (κ3) is 6.60. The predicted octanol–water partition coefficient (Wildman–Crippen LogP) is 5.56. The number of carbonyl (C=O) groups is 2. The summed E-state index contributed by atoms with van der Waals surface area (Å²) in [6.07, 6.45) is 2.33. The molecule has 7 nitrogen and oxygen atoms in total. The molecule has 1 unspecified atom stereocenters. The first-order valence-electron chi connectivity index (χ1n) is 12.3. The lowest BCUT2D eigenvalue weighted by Crippen LogP contribution is -2.42. The largest absolute Gasteiger partial charge is 0.480 e. The molecule has 0 aliphatic heterocycles. The van der Waals surface area contributed by atoms with Crippen LogP contribution in [0, 0.1) is 19.7 Å². The van der Waals surface area contributed by atoms with Gasteiger partial charge in [-0.15, -0.1) is 11.3 Å². The molecule has 0 aliphatic carbocycles. The molecule has 0 saturated heterocycles. The van der Waals surface area contributed by atoms with Gasteiger partial charge in [-0.1, -0.05) is 31.2 Å². The first-order chi connectivity index (χ1) is 18.2. The van der Waals surface area contributed by atoms with Gasteiger partial charge in [-0.2, -0.15) is 0 Å². The van der Waals surface area contributed by atoms with Gasteiger partial charge in [0.1, 0.15) is 22.7 Å². The number of benzene rings is 2. The van der Waals surface area contributed by atoms with Crippen LogP contribution in [0.2, 0.25) is 0 Å². The van der Waals surface area contributed by atoms with Gasteiger partial charge >= 0.3 is 5.97 Å². The monoisotopic (exact) mass is 532 g/mol. The van der Waals surface area contributed by atoms with Gasteiger partial charge in [0.15, 0.2) is 0 Å². The zero-order chi connectivity index (χ0) is 27.2. The zero-order valence-corrected chi connectivity index (χ0v) is 22.2. The van der Waals surface area contributed by atoms with Gasteiger partial charge in [-0.05, 0) is 66.8 Å². The molecule has 0 bridgehead atoms. The Morgan fingerprint density at radius 1 is 1.11 bits per heavy atom. The van der Waals surface area contributed by atoms with Crippen molar-refractivity contribution in [2.24, 2.45) is 0 Å². The Morgan fingerprint density at radius 2 is 1.87 bits per heavy atom. The van der Waals surface area contributed by atoms with Crippen molar-refractivity contribution in [2.75, 3.05) is 5.32 Å². The van der Waals surface area contributed by atoms with E-state index >= 15 is 0 Å². The lowest BCUT2D eigenvalue weighted by Gasteiger charge is -2.17. The minimum atomic E-state index is -1.14. The summed E-state index contributed by atoms with van der Waals surface area (Å²) in [6.45, 7) is 6.03. The van der Waals surface area contributed by atoms with E-state index in [0.717, 1.165) is 33.2 Å². The summed E-state index contributed by atoms with van der Waals surface area (Å²) < 4.78 is 13.8. The van der Waals surface area contributed by atoms with Gasteiger partial charge in [-0.25, -0.2) is 19.2 Å². The molecule has 0 spiro atoms. The average Bonchev–Trinajstić information content (AvgIpc) is 3.36. The molecule has 2 aromatic heterocycles. The van der Waals surface area contributed by atoms with Gasteiger partial charge in [-0.3, -0.25) is 4.79 Å². The molecule has 9 heteroatoms. The van der Waals surface area contributed by atoms with E-state index in [1.165, 1.54) is 23.5 Å². The maximum atomic E-state index is 13.8. The SMILES string of the molecule is CCc1cc(F)cc(C)c1C(=O)NC(Cc1ccc(-c2nc(CNc3cc(C)ccn3)cs2)cc1)C(=O)O. The lowest BCUT2D eigenvalue weighted by atomic mass is 9.98. The van der Waals surface area contributed by atoms with Gasteiger partial charge < -0.3 is 15.7 Å². The summed E-state index contributed by atoms with van der Waals surface area (Å²) in [5, 5.41) is 18.5. The number of pyridine rings is 1. The number of aliphatic carboxylic acids is 1. The van der Waals surface area contributed by atoms with E-state index in [1.807, 2.05) is 55.6 Å². The highest BCUT2D eigenvalue weighted by Gasteiger charge is 2.24. The molecule has 0 saturated carbocycles. The van der Waals surface area contributed by atoms with Crippen molar-refractivity contribution in [2.45, 2.75) is 46.2 Å². The molecule has 2 heterocycles. The Labute approximate surface area is 224 Å². The molecule has 3 N–H and O–H groups in total. The van der Waals surface area contributed by atoms with Gasteiger partial charge in [0.05, 0.1) is 12.2 Å². The number of halogens is 1. The molecule has 1 atom stereocenters. The van der Waals surface area contributed by atoms with Gasteiger partial charge in [0, 0.05) is 29.1 Å². The van der Waals surface area contributed by atoms with Crippen molar-refractivity contribution in [1.82, 2.24) is 15.3 Å². The summed E-state index contributed by atoms with van der Waals surface area (Å²) in [6, 6.07) is 12.9. The molecule has 0 aliphatic rings. The third-order valence-corrected chi connectivity index (χ3v) is 7.09. The highest BCUT2D eigenvalue weighted by molar-refractivity contribution is 7.13. The van der Waals surface area contributed by atoms with Gasteiger partial charge in [0.2, 0.25) is 0 Å². The van der Waals surface area contributed by atoms with Crippen LogP contribution in [0.1, 0.15) is 45.2 Å². The second-order valence-corrected chi connectivity index (χ2v) is 9.95. The quantitative estimate of drug-likeness (QED) is 0.247. The Hall–Kier alpha value is -4.11. The highest BCUT2D eigenvalue weighted by Crippen LogP contribution is 2.25. The average molecular weight is 533 g/mol. The van der Waals surface area contributed by atoms with Crippen molar-refractivity contribution in [3.8, 4) is 10.6 Å². The number of hydrogen-bond acceptors (Lipinski definition) is 6. The van der Waals surface area contributed by atoms with Crippen molar-refractivity contribution in [1.29, 1.82) is 0 Å². The molecule has 2 aromatic carbocycles. The number of aromatic nitrogens is 2. The number of anilines is 1. The Morgan fingerprint density at radius 3 is 2.55 bits per heavy atom. The molecular weight excluding hydrogens is 503 g/mol. The number of rotatable bonds is 10. The standard InChI is InChI=1S/C29H29FN4O3S/c1-4-20-14-22(30)12-18(3)26(20)27(35)34-24(29(36)37)13-19-5-7-21(8-6-19)28-33-23(16-38-28)15-32-25-11-17(2)9-10-31-25/h5-12,14,16,24H,4,13,15H2,1-3H3,(H,31,32)(H,34,35)(H,36,37). The van der Waals surface area contributed by atoms with Crippen LogP contribution in [0.5, 0.6) is 0 Å². The fraction of sp³-hybridized carbons (Fsp3) is 0.241. The number of thiazole rings is 1. The molecule has 38 heavy (non-hydrogen) atoms. The van der Waals surface area contributed by atoms with Gasteiger partial charge in [0.25, 0.3) is 5.91 Å². The van der Waals surface area contributed by atoms with E-state index < -0.39 is 23.7 Å². The van der Waals surface area contributed by atoms with Crippen molar-refractivity contribution >= 4 is 29.0 Å². The van der Waals surface area contributed by atoms with Crippen LogP contribution >= 0.6 is 11.3 Å². The first kappa shape index (κ1) is 26.9. The molecule has 196 valence electrons. The predicted molar refractivity (Wildman–Crippen MR) is 147 cm³/mol. The summed E-state index contributed by atoms with van der Waals surface area (Å²) in [5.74, 6) is -1.28. The van der Waals surface area contributed by atoms with Crippen LogP contribution in [-0.2, 0) is 24.2 Å². The third-order valence-electron chi connectivity index (χ3n) is 6.15. The Kier molecular flexibility index (Phi) is 8.48. The summed E-state index contributed by atoms with van der Waals surface area (Å²) >= 11 is 1.53. The number of carboxylic acid groups (broad SMARTS) is 1. The van der Waals surface area contributed by atoms with Crippen molar-refractivity contribution in [3.05, 3.63) is 99.4 Å². The first-order valence-corrected chi connectivity index (χ1v) is 13.1. The molecular formula is C29H29FN4O3S. The van der Waals surface area contributed by atoms with E-state index in [2.05, 4.69) is 15.6 Å². The fourth-order valence-corrected chi connectivity index (χ4v) is 5.03. The van der Waals surface area contributed by atoms with E-state index in [1.54, 1.807) is 13.1 Å². The summed E-state index contributed by atoms with van der Waals surface area (Å²) in [7, 11) is 0. The van der Waals surface area contributed by atoms with E-state index in [0.29, 0.717) is 29.7 Å². The number of carbonyl (C=O) groups excluding carboxylic acids is 1. The van der Waals surface area contributed by atoms with Crippen LogP contribution in [0.4, 0.5) is 10.2 Å².